The topological polar surface area (TPSA) is 58.6 Å². The number of alkyl halides is 1. The fraction of sp³-hybridized carbons (Fsp3) is 0.417. The number of nitrogens with zero attached hydrogens (tertiary/aromatic N) is 1. The first-order valence-electron chi connectivity index (χ1n) is 10.5. The Morgan fingerprint density at radius 3 is 2.42 bits per heavy atom. The molecule has 0 unspecified atom stereocenters. The Bertz CT molecular complexity index is 904. The van der Waals surface area contributed by atoms with Crippen LogP contribution in [0.25, 0.3) is 0 Å². The molecule has 2 aromatic carbocycles. The Morgan fingerprint density at radius 2 is 1.81 bits per heavy atom. The molecule has 0 radical (unpaired) electrons. The molecule has 7 heteroatoms. The van der Waals surface area contributed by atoms with Crippen molar-refractivity contribution in [2.75, 3.05) is 17.9 Å². The molecule has 1 saturated carbocycles. The summed E-state index contributed by atoms with van der Waals surface area (Å²) in [6.07, 6.45) is 4.25. The smallest absolute Gasteiger partial charge is 0.248 e. The lowest BCUT2D eigenvalue weighted by atomic mass is 9.85. The number of hydrogen-bond donors (Lipinski definition) is 1. The Kier molecular flexibility index (Phi) is 8.22. The molecule has 5 nitrogen and oxygen atoms in total. The van der Waals surface area contributed by atoms with E-state index in [9.17, 15) is 9.59 Å². The van der Waals surface area contributed by atoms with Crippen molar-refractivity contribution in [2.24, 2.45) is 5.92 Å². The molecule has 2 aromatic rings. The second kappa shape index (κ2) is 10.9. The molecule has 0 bridgehead atoms. The highest BCUT2D eigenvalue weighted by Gasteiger charge is 2.35. The minimum Gasteiger partial charge on any atom is -0.497 e. The minimum absolute atomic E-state index is 0.0649. The Balaban J connectivity index is 2.04. The van der Waals surface area contributed by atoms with Crippen LogP contribution in [0.2, 0.25) is 5.02 Å². The van der Waals surface area contributed by atoms with E-state index >= 15 is 0 Å². The lowest BCUT2D eigenvalue weighted by Crippen LogP contribution is -2.49. The van der Waals surface area contributed by atoms with Crippen LogP contribution < -0.4 is 15.0 Å². The molecule has 31 heavy (non-hydrogen) atoms. The second-order valence-corrected chi connectivity index (χ2v) is 8.57. The second-order valence-electron chi connectivity index (χ2n) is 7.90. The van der Waals surface area contributed by atoms with E-state index in [2.05, 4.69) is 12.2 Å². The Morgan fingerprint density at radius 1 is 1.13 bits per heavy atom. The maximum absolute atomic E-state index is 13.6. The van der Waals surface area contributed by atoms with Gasteiger partial charge >= 0.3 is 0 Å². The first-order valence-corrected chi connectivity index (χ1v) is 11.4. The van der Waals surface area contributed by atoms with Gasteiger partial charge in [-0.05, 0) is 49.1 Å². The predicted molar refractivity (Wildman–Crippen MR) is 125 cm³/mol. The highest BCUT2D eigenvalue weighted by molar-refractivity contribution is 6.32. The molecule has 0 aromatic heterocycles. The third-order valence-electron chi connectivity index (χ3n) is 5.88. The molecular weight excluding hydrogens is 435 g/mol. The number of carbonyl (C=O) groups is 2. The van der Waals surface area contributed by atoms with Crippen LogP contribution >= 0.6 is 23.2 Å². The minimum atomic E-state index is -0.942. The van der Waals surface area contributed by atoms with Crippen LogP contribution in [0.15, 0.2) is 48.5 Å². The molecule has 1 fully saturated rings. The van der Waals surface area contributed by atoms with Gasteiger partial charge < -0.3 is 10.1 Å². The molecule has 3 rings (SSSR count). The van der Waals surface area contributed by atoms with Gasteiger partial charge in [0, 0.05) is 22.3 Å². The molecule has 1 N–H and O–H groups in total. The number of amides is 2. The van der Waals surface area contributed by atoms with Crippen LogP contribution in [0.3, 0.4) is 0 Å². The molecule has 0 aliphatic heterocycles. The quantitative estimate of drug-likeness (QED) is 0.563. The number of rotatable bonds is 7. The fourth-order valence-electron chi connectivity index (χ4n) is 4.13. The summed E-state index contributed by atoms with van der Waals surface area (Å²) >= 11 is 12.5. The average molecular weight is 463 g/mol. The summed E-state index contributed by atoms with van der Waals surface area (Å²) in [5.74, 6) is 0.115. The number of methoxy groups -OCH3 is 1. The zero-order valence-corrected chi connectivity index (χ0v) is 19.3. The molecule has 1 aliphatic rings. The number of anilines is 1. The van der Waals surface area contributed by atoms with Crippen LogP contribution in [0.1, 0.15) is 44.2 Å². The van der Waals surface area contributed by atoms with E-state index in [-0.39, 0.29) is 23.7 Å². The molecule has 166 valence electrons. The van der Waals surface area contributed by atoms with E-state index in [1.54, 1.807) is 49.6 Å². The van der Waals surface area contributed by atoms with Crippen molar-refractivity contribution >= 4 is 40.7 Å². The van der Waals surface area contributed by atoms with Gasteiger partial charge in [0.25, 0.3) is 0 Å². The SMILES string of the molecule is COc1ccc(N(C(=O)CCl)[C@H](C(=O)N[C@@H]2CCCC[C@H]2C)c2ccccc2Cl)cc1. The van der Waals surface area contributed by atoms with Gasteiger partial charge in [-0.25, -0.2) is 0 Å². The highest BCUT2D eigenvalue weighted by Crippen LogP contribution is 2.34. The Hall–Kier alpha value is -2.24. The summed E-state index contributed by atoms with van der Waals surface area (Å²) in [4.78, 5) is 28.1. The van der Waals surface area contributed by atoms with Crippen LogP contribution in [-0.2, 0) is 9.59 Å². The molecule has 2 amide bonds. The third kappa shape index (κ3) is 5.52. The number of ether oxygens (including phenoxy) is 1. The van der Waals surface area contributed by atoms with Crippen LogP contribution in [0, 0.1) is 5.92 Å². The van der Waals surface area contributed by atoms with Gasteiger partial charge in [-0.2, -0.15) is 0 Å². The number of carbonyl (C=O) groups excluding carboxylic acids is 2. The average Bonchev–Trinajstić information content (AvgIpc) is 2.79. The van der Waals surface area contributed by atoms with Gasteiger partial charge in [0.2, 0.25) is 11.8 Å². The zero-order chi connectivity index (χ0) is 22.4. The maximum atomic E-state index is 13.6. The van der Waals surface area contributed by atoms with E-state index in [0.717, 1.165) is 19.3 Å². The normalized spacial score (nSPS) is 19.4. The summed E-state index contributed by atoms with van der Waals surface area (Å²) in [7, 11) is 1.57. The first-order chi connectivity index (χ1) is 15.0. The largest absolute Gasteiger partial charge is 0.497 e. The summed E-state index contributed by atoms with van der Waals surface area (Å²) in [6.45, 7) is 2.15. The molecule has 1 aliphatic carbocycles. The lowest BCUT2D eigenvalue weighted by molar-refractivity contribution is -0.126. The standard InChI is InChI=1S/C24H28Cl2N2O3/c1-16-7-3-6-10-21(16)27-24(30)23(19-8-4-5-9-20(19)26)28(22(29)15-25)17-11-13-18(31-2)14-12-17/h4-5,8-9,11-14,16,21,23H,3,6-7,10,15H2,1-2H3,(H,27,30)/t16-,21-,23+/m1/s1. The van der Waals surface area contributed by atoms with Crippen molar-refractivity contribution in [1.82, 2.24) is 5.32 Å². The van der Waals surface area contributed by atoms with Crippen LogP contribution in [-0.4, -0.2) is 30.8 Å². The molecule has 0 spiro atoms. The summed E-state index contributed by atoms with van der Waals surface area (Å²) in [5.41, 5.74) is 1.10. The van der Waals surface area contributed by atoms with Gasteiger partial charge in [-0.15, -0.1) is 11.6 Å². The lowest BCUT2D eigenvalue weighted by Gasteiger charge is -2.35. The molecule has 0 saturated heterocycles. The van der Waals surface area contributed by atoms with Crippen molar-refractivity contribution < 1.29 is 14.3 Å². The van der Waals surface area contributed by atoms with Crippen molar-refractivity contribution in [3.05, 3.63) is 59.1 Å². The van der Waals surface area contributed by atoms with Crippen molar-refractivity contribution in [3.63, 3.8) is 0 Å². The summed E-state index contributed by atoms with van der Waals surface area (Å²) in [5, 5.41) is 3.60. The van der Waals surface area contributed by atoms with E-state index in [1.807, 2.05) is 6.07 Å². The van der Waals surface area contributed by atoms with Crippen molar-refractivity contribution in [2.45, 2.75) is 44.7 Å². The number of benzene rings is 2. The highest BCUT2D eigenvalue weighted by atomic mass is 35.5. The van der Waals surface area contributed by atoms with Gasteiger partial charge in [-0.3, -0.25) is 14.5 Å². The van der Waals surface area contributed by atoms with Crippen molar-refractivity contribution in [1.29, 1.82) is 0 Å². The van der Waals surface area contributed by atoms with Gasteiger partial charge in [0.15, 0.2) is 0 Å². The van der Waals surface area contributed by atoms with E-state index in [1.165, 1.54) is 11.3 Å². The fourth-order valence-corrected chi connectivity index (χ4v) is 4.50. The molecule has 0 heterocycles. The van der Waals surface area contributed by atoms with Gasteiger partial charge in [-0.1, -0.05) is 49.6 Å². The first kappa shape index (κ1) is 23.4. The van der Waals surface area contributed by atoms with Crippen LogP contribution in [0.4, 0.5) is 5.69 Å². The van der Waals surface area contributed by atoms with Gasteiger partial charge in [0.1, 0.15) is 17.7 Å². The summed E-state index contributed by atoms with van der Waals surface area (Å²) < 4.78 is 5.23. The van der Waals surface area contributed by atoms with Crippen molar-refractivity contribution in [3.8, 4) is 5.75 Å². The van der Waals surface area contributed by atoms with Gasteiger partial charge in [0.05, 0.1) is 7.11 Å². The Labute approximate surface area is 193 Å². The van der Waals surface area contributed by atoms with Crippen LogP contribution in [0.5, 0.6) is 5.75 Å². The molecule has 3 atom stereocenters. The molecular formula is C24H28Cl2N2O3. The third-order valence-corrected chi connectivity index (χ3v) is 6.45. The zero-order valence-electron chi connectivity index (χ0n) is 17.8. The number of halogens is 2. The monoisotopic (exact) mass is 462 g/mol. The van der Waals surface area contributed by atoms with E-state index in [4.69, 9.17) is 27.9 Å². The summed E-state index contributed by atoms with van der Waals surface area (Å²) in [6, 6.07) is 13.2. The number of hydrogen-bond acceptors (Lipinski definition) is 3. The van der Waals surface area contributed by atoms with E-state index < -0.39 is 6.04 Å². The predicted octanol–water partition coefficient (Wildman–Crippen LogP) is 5.36. The maximum Gasteiger partial charge on any atom is 0.248 e. The van der Waals surface area contributed by atoms with E-state index in [0.29, 0.717) is 27.9 Å². The number of nitrogens with one attached hydrogen (secondary N) is 1.